The molecular formula is C83H100Cl3N5O19. The van der Waals surface area contributed by atoms with Crippen LogP contribution in [0, 0.1) is 13.8 Å². The number of piperidine rings is 3. The van der Waals surface area contributed by atoms with Crippen molar-refractivity contribution in [1.29, 1.82) is 0 Å². The standard InChI is InChI=1S/C28H33ClN2O5.C19H16ClNO4.C18H25NO5.C9H7ClO3.C9H19NO2/c1-17-22(14-25(32)36-21-15-27(2,3)31(34)28(4,5)16-21)23-13-20(35-6)11-12-24(23)30(17)26(33)18-7-9-19(29)10-8-18;1-11-15(9-18(23)24)16-8-12(10-22)2-7-17(16)21(11)19(25)13-3-5-14(20)6-4-13;1-12(20)23-15-9-7-6-8-14(15)16(21)24-13-10-17(2,3)19(22)18(4,5)11-13;1-6(11)13-8-5-3-2-4-7(8)9(10)12;1-8(2)5-7(11)6-9(3,4)10(8)12/h7-13,21,34H,14-16H2,1-6H3;2-8,22H,9-10H2,1H3,(H,23,24);6-9,13,22H,10-11H2,1-5H3;2-5H,1H3;7,11-12H,5-6H2,1-4H3. The lowest BCUT2D eigenvalue weighted by Crippen LogP contribution is -2.60. The van der Waals surface area contributed by atoms with Gasteiger partial charge in [-0.15, -0.1) is 0 Å². The Morgan fingerprint density at radius 2 is 0.864 bits per heavy atom. The molecular weight excluding hydrogens is 1480 g/mol. The highest BCUT2D eigenvalue weighted by Crippen LogP contribution is 2.42. The van der Waals surface area contributed by atoms with E-state index in [1.54, 1.807) is 128 Å². The normalized spacial score (nSPS) is 17.2. The van der Waals surface area contributed by atoms with Gasteiger partial charge >= 0.3 is 29.8 Å². The third-order valence-corrected chi connectivity index (χ3v) is 20.2. The number of fused-ring (bicyclic) bond motifs is 2. The number of hydrogen-bond donors (Lipinski definition) is 6. The largest absolute Gasteiger partial charge is 0.497 e. The van der Waals surface area contributed by atoms with E-state index in [-0.39, 0.29) is 89.2 Å². The molecule has 24 nitrogen and oxygen atoms in total. The molecule has 0 spiro atoms. The molecule has 3 aliphatic rings. The minimum atomic E-state index is -0.976. The summed E-state index contributed by atoms with van der Waals surface area (Å²) in [7, 11) is 1.58. The monoisotopic (exact) mass is 1580 g/mol. The second-order valence-corrected chi connectivity index (χ2v) is 32.6. The zero-order valence-corrected chi connectivity index (χ0v) is 67.4. The lowest BCUT2D eigenvalue weighted by molar-refractivity contribution is -0.259. The quantitative estimate of drug-likeness (QED) is 0.0335. The Morgan fingerprint density at radius 1 is 0.491 bits per heavy atom. The number of aliphatic hydroxyl groups is 2. The van der Waals surface area contributed by atoms with Crippen molar-refractivity contribution in [2.24, 2.45) is 0 Å². The molecule has 2 aromatic heterocycles. The summed E-state index contributed by atoms with van der Waals surface area (Å²) in [5.74, 6) is -2.32. The fraction of sp³-hybridized carbons (Fsp3) is 0.422. The number of aliphatic hydroxyl groups excluding tert-OH is 2. The van der Waals surface area contributed by atoms with Crippen molar-refractivity contribution >= 4 is 104 Å². The van der Waals surface area contributed by atoms with Gasteiger partial charge in [-0.05, 0) is 241 Å². The van der Waals surface area contributed by atoms with Crippen LogP contribution in [0.2, 0.25) is 10.0 Å². The van der Waals surface area contributed by atoms with Gasteiger partial charge in [0.1, 0.15) is 35.0 Å². The number of aromatic nitrogens is 2. The first-order valence-corrected chi connectivity index (χ1v) is 36.8. The van der Waals surface area contributed by atoms with E-state index in [2.05, 4.69) is 0 Å². The molecule has 0 saturated carbocycles. The molecule has 0 bridgehead atoms. The van der Waals surface area contributed by atoms with Crippen LogP contribution >= 0.6 is 34.8 Å². The summed E-state index contributed by atoms with van der Waals surface area (Å²) in [6, 6.07) is 36.7. The van der Waals surface area contributed by atoms with Gasteiger partial charge in [0.25, 0.3) is 17.1 Å². The van der Waals surface area contributed by atoms with Crippen LogP contribution in [0.4, 0.5) is 0 Å². The topological polar surface area (TPSA) is 324 Å². The van der Waals surface area contributed by atoms with Crippen LogP contribution in [0.15, 0.2) is 133 Å². The van der Waals surface area contributed by atoms with E-state index in [0.29, 0.717) is 110 Å². The van der Waals surface area contributed by atoms with Gasteiger partial charge in [-0.1, -0.05) is 53.5 Å². The van der Waals surface area contributed by atoms with Crippen molar-refractivity contribution in [3.05, 3.63) is 194 Å². The predicted octanol–water partition coefficient (Wildman–Crippen LogP) is 15.8. The maximum absolute atomic E-state index is 13.5. The summed E-state index contributed by atoms with van der Waals surface area (Å²) in [5, 5.41) is 64.7. The van der Waals surface area contributed by atoms with Crippen LogP contribution in [-0.4, -0.2) is 161 Å². The molecule has 3 fully saturated rings. The lowest BCUT2D eigenvalue weighted by Gasteiger charge is -2.50. The van der Waals surface area contributed by atoms with E-state index in [4.69, 9.17) is 58.5 Å². The average molecular weight is 1580 g/mol. The Labute approximate surface area is 655 Å². The number of para-hydroxylation sites is 2. The minimum Gasteiger partial charge on any atom is -0.497 e. The Balaban J connectivity index is 0.000000202. The number of halogens is 3. The Kier molecular flexibility index (Phi) is 29.0. The number of ether oxygens (including phenoxy) is 5. The molecule has 3 saturated heterocycles. The van der Waals surface area contributed by atoms with E-state index in [1.165, 1.54) is 45.7 Å². The number of nitrogens with zero attached hydrogens (tertiary/aromatic N) is 5. The van der Waals surface area contributed by atoms with Gasteiger partial charge in [0.2, 0.25) is 0 Å². The molecule has 6 aromatic carbocycles. The Bertz CT molecular complexity index is 4640. The highest BCUT2D eigenvalue weighted by Gasteiger charge is 2.49. The van der Waals surface area contributed by atoms with E-state index in [1.807, 2.05) is 102 Å². The number of benzene rings is 6. The van der Waals surface area contributed by atoms with Crippen molar-refractivity contribution < 1.29 is 93.0 Å². The van der Waals surface area contributed by atoms with Crippen molar-refractivity contribution in [1.82, 2.24) is 24.3 Å². The molecule has 11 rings (SSSR count). The first kappa shape index (κ1) is 88.3. The van der Waals surface area contributed by atoms with Crippen molar-refractivity contribution in [3.8, 4) is 17.2 Å². The van der Waals surface area contributed by atoms with Gasteiger partial charge in [-0.25, -0.2) is 4.79 Å². The second-order valence-electron chi connectivity index (χ2n) is 31.3. The number of aliphatic carboxylic acids is 1. The minimum absolute atomic E-state index is 0.0105. The van der Waals surface area contributed by atoms with Gasteiger partial charge in [0, 0.05) is 116 Å². The molecule has 592 valence electrons. The van der Waals surface area contributed by atoms with Gasteiger partial charge in [0.05, 0.1) is 49.3 Å². The van der Waals surface area contributed by atoms with E-state index >= 15 is 0 Å². The number of carboxylic acids is 1. The molecule has 0 unspecified atom stereocenters. The number of carboxylic acid groups (broad SMARTS) is 1. The molecule has 110 heavy (non-hydrogen) atoms. The molecule has 6 N–H and O–H groups in total. The summed E-state index contributed by atoms with van der Waals surface area (Å²) in [5.41, 5.74) is 3.13. The molecule has 0 amide bonds. The number of methoxy groups -OCH3 is 1. The number of hydroxylamine groups is 6. The number of hydrogen-bond acceptors (Lipinski definition) is 21. The van der Waals surface area contributed by atoms with Gasteiger partial charge < -0.3 is 54.6 Å². The Hall–Kier alpha value is -8.89. The number of carbonyl (C=O) groups is 8. The van der Waals surface area contributed by atoms with Gasteiger partial charge in [0.15, 0.2) is 0 Å². The van der Waals surface area contributed by atoms with Crippen LogP contribution in [0.5, 0.6) is 17.2 Å². The third-order valence-electron chi connectivity index (χ3n) is 19.5. The van der Waals surface area contributed by atoms with Crippen molar-refractivity contribution in [3.63, 3.8) is 0 Å². The van der Waals surface area contributed by atoms with E-state index in [9.17, 15) is 69.3 Å². The fourth-order valence-electron chi connectivity index (χ4n) is 14.9. The second kappa shape index (κ2) is 36.1. The number of esters is 4. The first-order chi connectivity index (χ1) is 51.1. The fourth-order valence-corrected chi connectivity index (χ4v) is 15.3. The molecule has 0 aliphatic carbocycles. The predicted molar refractivity (Wildman–Crippen MR) is 417 cm³/mol. The van der Waals surface area contributed by atoms with Crippen molar-refractivity contribution in [2.75, 3.05) is 7.11 Å². The van der Waals surface area contributed by atoms with Crippen LogP contribution in [0.25, 0.3) is 21.8 Å². The van der Waals surface area contributed by atoms with Gasteiger partial charge in [-0.2, -0.15) is 15.2 Å². The summed E-state index contributed by atoms with van der Waals surface area (Å²) >= 11 is 17.1. The summed E-state index contributed by atoms with van der Waals surface area (Å²) < 4.78 is 30.0. The number of carbonyl (C=O) groups excluding carboxylic acids is 7. The van der Waals surface area contributed by atoms with E-state index < -0.39 is 51.3 Å². The molecule has 27 heteroatoms. The zero-order chi connectivity index (χ0) is 82.1. The molecule has 8 aromatic rings. The smallest absolute Gasteiger partial charge is 0.342 e. The van der Waals surface area contributed by atoms with Crippen LogP contribution < -0.4 is 14.2 Å². The summed E-state index contributed by atoms with van der Waals surface area (Å²) in [6.07, 6.45) is 2.17. The third kappa shape index (κ3) is 21.8. The van der Waals surface area contributed by atoms with Gasteiger partial charge in [-0.3, -0.25) is 42.7 Å². The highest BCUT2D eigenvalue weighted by molar-refractivity contribution is 6.68. The highest BCUT2D eigenvalue weighted by atomic mass is 35.5. The summed E-state index contributed by atoms with van der Waals surface area (Å²) in [4.78, 5) is 96.0. The average Bonchev–Trinajstić information content (AvgIpc) is 1.65. The van der Waals surface area contributed by atoms with Crippen LogP contribution in [0.3, 0.4) is 0 Å². The van der Waals surface area contributed by atoms with E-state index in [0.717, 1.165) is 5.39 Å². The molecule has 3 aliphatic heterocycles. The number of rotatable bonds is 14. The maximum Gasteiger partial charge on any atom is 0.342 e. The maximum atomic E-state index is 13.5. The molecule has 0 atom stereocenters. The summed E-state index contributed by atoms with van der Waals surface area (Å²) in [6.45, 7) is 29.1. The zero-order valence-electron chi connectivity index (χ0n) is 65.2. The lowest BCUT2D eigenvalue weighted by atomic mass is 9.80. The first-order valence-electron chi connectivity index (χ1n) is 35.7. The van der Waals surface area contributed by atoms with Crippen molar-refractivity contribution in [2.45, 2.75) is 220 Å². The molecule has 0 radical (unpaired) electrons. The van der Waals surface area contributed by atoms with Crippen LogP contribution in [-0.2, 0) is 48.1 Å². The SMILES string of the molecule is CC(=O)Oc1ccccc1C(=O)Cl.CC(=O)Oc1ccccc1C(=O)OC1CC(C)(C)N(O)C(C)(C)C1.CC1(C)CC(O)CC(C)(C)N1O.COc1ccc2c(c1)c(CC(=O)OC1CC(C)(C)N(O)C(C)(C)C1)c(C)n2C(=O)c1ccc(Cl)cc1.Cc1c(CC(=O)O)c2cc(CO)ccc2n1C(=O)c1ccc(Cl)cc1. The molecule has 5 heterocycles. The Morgan fingerprint density at radius 3 is 1.26 bits per heavy atom. The van der Waals surface area contributed by atoms with Crippen LogP contribution in [0.1, 0.15) is 205 Å².